The smallest absolute Gasteiger partial charge is 0.339 e. The van der Waals surface area contributed by atoms with E-state index >= 15 is 0 Å². The molecule has 0 saturated carbocycles. The molecule has 1 heterocycles. The normalized spacial score (nSPS) is 10.6. The van der Waals surface area contributed by atoms with Gasteiger partial charge in [0.05, 0.1) is 32.4 Å². The van der Waals surface area contributed by atoms with Crippen molar-refractivity contribution < 1.29 is 19.1 Å². The third-order valence-corrected chi connectivity index (χ3v) is 5.79. The Hall–Kier alpha value is -3.65. The second-order valence-electron chi connectivity index (χ2n) is 7.25. The van der Waals surface area contributed by atoms with Crippen molar-refractivity contribution in [3.05, 3.63) is 99.0 Å². The van der Waals surface area contributed by atoms with Gasteiger partial charge in [-0.1, -0.05) is 65.1 Å². The highest BCUT2D eigenvalue weighted by molar-refractivity contribution is 6.36. The predicted octanol–water partition coefficient (Wildman–Crippen LogP) is 5.48. The molecule has 0 atom stereocenters. The third-order valence-electron chi connectivity index (χ3n) is 4.91. The largest absolute Gasteiger partial charge is 0.452 e. The second kappa shape index (κ2) is 10.7. The highest BCUT2D eigenvalue weighted by atomic mass is 35.5. The van der Waals surface area contributed by atoms with Crippen LogP contribution in [0, 0.1) is 0 Å². The molecule has 0 aliphatic rings. The van der Waals surface area contributed by atoms with E-state index in [4.69, 9.17) is 39.5 Å². The van der Waals surface area contributed by atoms with Crippen LogP contribution >= 0.6 is 34.8 Å². The molecule has 7 nitrogen and oxygen atoms in total. The van der Waals surface area contributed by atoms with Crippen molar-refractivity contribution in [3.63, 3.8) is 0 Å². The van der Waals surface area contributed by atoms with Crippen molar-refractivity contribution in [2.75, 3.05) is 6.61 Å². The molecular weight excluding hydrogens is 513 g/mol. The van der Waals surface area contributed by atoms with Gasteiger partial charge in [-0.3, -0.25) is 20.4 Å². The van der Waals surface area contributed by atoms with E-state index in [-0.39, 0.29) is 16.1 Å². The first kappa shape index (κ1) is 24.5. The molecule has 10 heteroatoms. The minimum atomic E-state index is -0.748. The number of rotatable bonds is 5. The van der Waals surface area contributed by atoms with Gasteiger partial charge in [0.25, 0.3) is 11.8 Å². The molecule has 0 unspecified atom stereocenters. The number of fused-ring (bicyclic) bond motifs is 1. The van der Waals surface area contributed by atoms with Crippen LogP contribution in [0.1, 0.15) is 20.7 Å². The third kappa shape index (κ3) is 5.71. The number of nitrogens with zero attached hydrogens (tertiary/aromatic N) is 1. The van der Waals surface area contributed by atoms with Gasteiger partial charge in [0.1, 0.15) is 0 Å². The number of aromatic nitrogens is 1. The van der Waals surface area contributed by atoms with Crippen molar-refractivity contribution in [2.24, 2.45) is 0 Å². The predicted molar refractivity (Wildman–Crippen MR) is 135 cm³/mol. The van der Waals surface area contributed by atoms with Gasteiger partial charge in [-0.25, -0.2) is 9.78 Å². The number of hydrogen-bond acceptors (Lipinski definition) is 5. The van der Waals surface area contributed by atoms with Gasteiger partial charge in [0.2, 0.25) is 0 Å². The topological polar surface area (TPSA) is 97.4 Å². The van der Waals surface area contributed by atoms with E-state index in [1.807, 2.05) is 0 Å². The van der Waals surface area contributed by atoms with Crippen LogP contribution < -0.4 is 10.9 Å². The molecule has 0 radical (unpaired) electrons. The molecule has 4 aromatic rings. The Kier molecular flexibility index (Phi) is 7.51. The van der Waals surface area contributed by atoms with Crippen molar-refractivity contribution in [3.8, 4) is 11.3 Å². The number of ether oxygens (including phenoxy) is 1. The number of benzene rings is 3. The molecular formula is C25H16Cl3N3O4. The first-order chi connectivity index (χ1) is 16.8. The van der Waals surface area contributed by atoms with Crippen LogP contribution in [0.25, 0.3) is 22.2 Å². The number of pyridine rings is 1. The zero-order valence-electron chi connectivity index (χ0n) is 17.8. The lowest BCUT2D eigenvalue weighted by Crippen LogP contribution is -2.43. The van der Waals surface area contributed by atoms with Crippen LogP contribution in [0.4, 0.5) is 0 Å². The molecule has 35 heavy (non-hydrogen) atoms. The van der Waals surface area contributed by atoms with E-state index in [2.05, 4.69) is 15.8 Å². The van der Waals surface area contributed by atoms with E-state index in [1.165, 1.54) is 12.1 Å². The maximum atomic E-state index is 12.9. The van der Waals surface area contributed by atoms with Crippen LogP contribution in [0.2, 0.25) is 15.1 Å². The van der Waals surface area contributed by atoms with Gasteiger partial charge in [0.15, 0.2) is 6.61 Å². The molecule has 4 rings (SSSR count). The number of esters is 1. The zero-order valence-corrected chi connectivity index (χ0v) is 20.1. The van der Waals surface area contributed by atoms with Gasteiger partial charge in [-0.2, -0.15) is 0 Å². The summed E-state index contributed by atoms with van der Waals surface area (Å²) in [6, 6.07) is 19.8. The Bertz CT molecular complexity index is 1460. The summed E-state index contributed by atoms with van der Waals surface area (Å²) in [4.78, 5) is 41.8. The van der Waals surface area contributed by atoms with Crippen LogP contribution in [0.5, 0.6) is 0 Å². The van der Waals surface area contributed by atoms with Crippen LogP contribution in [-0.4, -0.2) is 29.4 Å². The standard InChI is InChI=1S/C25H16Cl3N3O4/c26-14-9-10-16(20(28)11-14)22-12-18(15-5-2-4-8-21(15)29-22)25(34)35-13-23(32)30-31-24(33)17-6-1-3-7-19(17)27/h1-12H,13H2,(H,30,32)(H,31,33). The van der Waals surface area contributed by atoms with E-state index in [0.717, 1.165) is 0 Å². The highest BCUT2D eigenvalue weighted by Gasteiger charge is 2.18. The Morgan fingerprint density at radius 2 is 1.54 bits per heavy atom. The van der Waals surface area contributed by atoms with Gasteiger partial charge >= 0.3 is 5.97 Å². The first-order valence-electron chi connectivity index (χ1n) is 10.2. The number of carbonyl (C=O) groups excluding carboxylic acids is 3. The average molecular weight is 529 g/mol. The SMILES string of the molecule is O=C(COC(=O)c1cc(-c2ccc(Cl)cc2Cl)nc2ccccc12)NNC(=O)c1ccccc1Cl. The monoisotopic (exact) mass is 527 g/mol. The van der Waals surface area contributed by atoms with Crippen LogP contribution in [0.15, 0.2) is 72.8 Å². The Morgan fingerprint density at radius 3 is 2.31 bits per heavy atom. The first-order valence-corrected chi connectivity index (χ1v) is 11.3. The molecule has 2 amide bonds. The summed E-state index contributed by atoms with van der Waals surface area (Å²) >= 11 is 18.3. The Morgan fingerprint density at radius 1 is 0.800 bits per heavy atom. The number of carbonyl (C=O) groups is 3. The number of amides is 2. The molecule has 0 saturated heterocycles. The number of nitrogens with one attached hydrogen (secondary N) is 2. The van der Waals surface area contributed by atoms with E-state index < -0.39 is 24.4 Å². The van der Waals surface area contributed by atoms with Gasteiger partial charge in [0, 0.05) is 16.0 Å². The van der Waals surface area contributed by atoms with E-state index in [1.54, 1.807) is 60.7 Å². The van der Waals surface area contributed by atoms with E-state index in [9.17, 15) is 14.4 Å². The summed E-state index contributed by atoms with van der Waals surface area (Å²) in [5.74, 6) is -2.10. The van der Waals surface area contributed by atoms with Crippen molar-refractivity contribution >= 4 is 63.5 Å². The highest BCUT2D eigenvalue weighted by Crippen LogP contribution is 2.32. The summed E-state index contributed by atoms with van der Waals surface area (Å²) in [6.07, 6.45) is 0. The molecule has 0 spiro atoms. The van der Waals surface area contributed by atoms with Crippen LogP contribution in [-0.2, 0) is 9.53 Å². The number of hydrogen-bond donors (Lipinski definition) is 2. The molecule has 3 aromatic carbocycles. The fourth-order valence-corrected chi connectivity index (χ4v) is 3.99. The van der Waals surface area contributed by atoms with Gasteiger partial charge in [-0.05, 0) is 42.5 Å². The van der Waals surface area contributed by atoms with Crippen molar-refractivity contribution in [2.45, 2.75) is 0 Å². The molecule has 0 bridgehead atoms. The fraction of sp³-hybridized carbons (Fsp3) is 0.0400. The van der Waals surface area contributed by atoms with Crippen molar-refractivity contribution in [1.82, 2.24) is 15.8 Å². The van der Waals surface area contributed by atoms with Gasteiger partial charge in [-0.15, -0.1) is 0 Å². The summed E-state index contributed by atoms with van der Waals surface area (Å²) in [6.45, 7) is -0.630. The molecule has 0 aliphatic carbocycles. The summed E-state index contributed by atoms with van der Waals surface area (Å²) in [5.41, 5.74) is 6.35. The molecule has 0 aliphatic heterocycles. The average Bonchev–Trinajstić information content (AvgIpc) is 2.85. The van der Waals surface area contributed by atoms with Crippen molar-refractivity contribution in [1.29, 1.82) is 0 Å². The Balaban J connectivity index is 1.49. The quantitative estimate of drug-likeness (QED) is 0.264. The maximum Gasteiger partial charge on any atom is 0.339 e. The summed E-state index contributed by atoms with van der Waals surface area (Å²) in [5, 5.41) is 1.60. The molecule has 176 valence electrons. The molecule has 2 N–H and O–H groups in total. The zero-order chi connectivity index (χ0) is 24.9. The number of halogens is 3. The van der Waals surface area contributed by atoms with Crippen LogP contribution in [0.3, 0.4) is 0 Å². The lowest BCUT2D eigenvalue weighted by molar-refractivity contribution is -0.125. The van der Waals surface area contributed by atoms with Gasteiger partial charge < -0.3 is 4.74 Å². The summed E-state index contributed by atoms with van der Waals surface area (Å²) < 4.78 is 5.19. The minimum Gasteiger partial charge on any atom is -0.452 e. The molecule has 0 fully saturated rings. The Labute approximate surface area is 214 Å². The minimum absolute atomic E-state index is 0.183. The number of para-hydroxylation sites is 1. The number of hydrazine groups is 1. The maximum absolute atomic E-state index is 12.9. The lowest BCUT2D eigenvalue weighted by atomic mass is 10.0. The fourth-order valence-electron chi connectivity index (χ4n) is 3.26. The second-order valence-corrected chi connectivity index (χ2v) is 8.51. The molecule has 1 aromatic heterocycles. The van der Waals surface area contributed by atoms with E-state index in [0.29, 0.717) is 32.2 Å². The summed E-state index contributed by atoms with van der Waals surface area (Å²) in [7, 11) is 0. The lowest BCUT2D eigenvalue weighted by Gasteiger charge is -2.12.